The molecule has 0 fully saturated rings. The number of carboxylic acids is 1. The Balaban J connectivity index is 2.89. The molecular formula is C13H18N2O5S. The van der Waals surface area contributed by atoms with Gasteiger partial charge in [-0.05, 0) is 31.5 Å². The minimum absolute atomic E-state index is 0.138. The molecule has 0 bridgehead atoms. The zero-order valence-corrected chi connectivity index (χ0v) is 12.6. The lowest BCUT2D eigenvalue weighted by Gasteiger charge is -2.14. The first-order valence-electron chi connectivity index (χ1n) is 6.41. The summed E-state index contributed by atoms with van der Waals surface area (Å²) in [4.78, 5) is 22.3. The molecule has 21 heavy (non-hydrogen) atoms. The molecule has 0 saturated heterocycles. The molecule has 0 aliphatic carbocycles. The number of nitrogens with one attached hydrogen (secondary N) is 2. The summed E-state index contributed by atoms with van der Waals surface area (Å²) in [6.07, 6.45) is 0.742. The lowest BCUT2D eigenvalue weighted by molar-refractivity contribution is -0.122. The third kappa shape index (κ3) is 4.83. The molecule has 0 spiro atoms. The first kappa shape index (κ1) is 17.1. The van der Waals surface area contributed by atoms with Crippen molar-refractivity contribution in [2.75, 3.05) is 6.54 Å². The zero-order valence-electron chi connectivity index (χ0n) is 11.8. The molecule has 1 amide bonds. The molecule has 1 aromatic carbocycles. The van der Waals surface area contributed by atoms with Crippen LogP contribution in [0.3, 0.4) is 0 Å². The van der Waals surface area contributed by atoms with Crippen LogP contribution in [0.2, 0.25) is 0 Å². The average Bonchev–Trinajstić information content (AvgIpc) is 2.44. The van der Waals surface area contributed by atoms with Crippen molar-refractivity contribution >= 4 is 21.9 Å². The third-order valence-corrected chi connectivity index (χ3v) is 4.20. The van der Waals surface area contributed by atoms with Crippen molar-refractivity contribution in [3.05, 3.63) is 29.8 Å². The van der Waals surface area contributed by atoms with E-state index in [0.717, 1.165) is 12.5 Å². The van der Waals surface area contributed by atoms with Crippen molar-refractivity contribution in [2.45, 2.75) is 31.2 Å². The van der Waals surface area contributed by atoms with E-state index in [1.807, 2.05) is 6.92 Å². The van der Waals surface area contributed by atoms with Gasteiger partial charge < -0.3 is 10.4 Å². The van der Waals surface area contributed by atoms with Crippen LogP contribution in [-0.4, -0.2) is 38.0 Å². The molecule has 1 rings (SSSR count). The predicted octanol–water partition coefficient (Wildman–Crippen LogP) is 0.578. The number of hydrogen-bond acceptors (Lipinski definition) is 4. The SMILES string of the molecule is CCCNC(=O)C(C)NS(=O)(=O)c1cccc(C(=O)O)c1. The average molecular weight is 314 g/mol. The molecule has 0 aliphatic heterocycles. The van der Waals surface area contributed by atoms with E-state index in [0.29, 0.717) is 6.54 Å². The van der Waals surface area contributed by atoms with Crippen LogP contribution in [-0.2, 0) is 14.8 Å². The quantitative estimate of drug-likeness (QED) is 0.681. The van der Waals surface area contributed by atoms with Crippen LogP contribution in [0.1, 0.15) is 30.6 Å². The number of amides is 1. The highest BCUT2D eigenvalue weighted by atomic mass is 32.2. The highest BCUT2D eigenvalue weighted by Crippen LogP contribution is 2.12. The van der Waals surface area contributed by atoms with Crippen LogP contribution in [0.15, 0.2) is 29.2 Å². The molecular weight excluding hydrogens is 296 g/mol. The molecule has 0 heterocycles. The fraction of sp³-hybridized carbons (Fsp3) is 0.385. The van der Waals surface area contributed by atoms with Gasteiger partial charge in [-0.3, -0.25) is 4.79 Å². The summed E-state index contributed by atoms with van der Waals surface area (Å²) in [5.74, 6) is -1.66. The summed E-state index contributed by atoms with van der Waals surface area (Å²) in [5.41, 5.74) is -0.138. The number of benzene rings is 1. The van der Waals surface area contributed by atoms with E-state index in [4.69, 9.17) is 5.11 Å². The van der Waals surface area contributed by atoms with Crippen LogP contribution >= 0.6 is 0 Å². The molecule has 0 radical (unpaired) electrons. The van der Waals surface area contributed by atoms with Crippen molar-refractivity contribution in [2.24, 2.45) is 0 Å². The monoisotopic (exact) mass is 314 g/mol. The van der Waals surface area contributed by atoms with Crippen molar-refractivity contribution < 1.29 is 23.1 Å². The zero-order chi connectivity index (χ0) is 16.0. The van der Waals surface area contributed by atoms with E-state index in [9.17, 15) is 18.0 Å². The second kappa shape index (κ2) is 7.19. The van der Waals surface area contributed by atoms with Gasteiger partial charge in [0.1, 0.15) is 0 Å². The Labute approximate surface area is 123 Å². The molecule has 1 atom stereocenters. The Morgan fingerprint density at radius 2 is 2.00 bits per heavy atom. The summed E-state index contributed by atoms with van der Waals surface area (Å²) in [5, 5.41) is 11.4. The summed E-state index contributed by atoms with van der Waals surface area (Å²) < 4.78 is 26.4. The molecule has 0 aromatic heterocycles. The maximum Gasteiger partial charge on any atom is 0.335 e. The largest absolute Gasteiger partial charge is 0.478 e. The Morgan fingerprint density at radius 3 is 2.57 bits per heavy atom. The van der Waals surface area contributed by atoms with Gasteiger partial charge >= 0.3 is 5.97 Å². The number of carbonyl (C=O) groups excluding carboxylic acids is 1. The Hall–Kier alpha value is -1.93. The summed E-state index contributed by atoms with van der Waals surface area (Å²) in [6.45, 7) is 3.76. The maximum absolute atomic E-state index is 12.1. The molecule has 1 aromatic rings. The fourth-order valence-electron chi connectivity index (χ4n) is 1.55. The van der Waals surface area contributed by atoms with Gasteiger partial charge in [-0.15, -0.1) is 0 Å². The van der Waals surface area contributed by atoms with E-state index >= 15 is 0 Å². The second-order valence-corrected chi connectivity index (χ2v) is 6.18. The van der Waals surface area contributed by atoms with Crippen molar-refractivity contribution in [1.29, 1.82) is 0 Å². The normalized spacial score (nSPS) is 12.7. The van der Waals surface area contributed by atoms with Gasteiger partial charge in [0.05, 0.1) is 16.5 Å². The predicted molar refractivity (Wildman–Crippen MR) is 76.5 cm³/mol. The van der Waals surface area contributed by atoms with E-state index < -0.39 is 27.9 Å². The Kier molecular flexibility index (Phi) is 5.86. The molecule has 3 N–H and O–H groups in total. The lowest BCUT2D eigenvalue weighted by atomic mass is 10.2. The van der Waals surface area contributed by atoms with Gasteiger partial charge in [0.25, 0.3) is 0 Å². The first-order chi connectivity index (χ1) is 9.77. The van der Waals surface area contributed by atoms with Gasteiger partial charge in [0.15, 0.2) is 0 Å². The Morgan fingerprint density at radius 1 is 1.33 bits per heavy atom. The minimum Gasteiger partial charge on any atom is -0.478 e. The van der Waals surface area contributed by atoms with Gasteiger partial charge in [-0.2, -0.15) is 4.72 Å². The number of carboxylic acid groups (broad SMARTS) is 1. The topological polar surface area (TPSA) is 113 Å². The number of sulfonamides is 1. The molecule has 116 valence electrons. The number of carbonyl (C=O) groups is 2. The molecule has 8 heteroatoms. The smallest absolute Gasteiger partial charge is 0.335 e. The van der Waals surface area contributed by atoms with Crippen molar-refractivity contribution in [1.82, 2.24) is 10.0 Å². The number of aromatic carboxylic acids is 1. The highest BCUT2D eigenvalue weighted by Gasteiger charge is 2.22. The van der Waals surface area contributed by atoms with E-state index in [2.05, 4.69) is 10.0 Å². The second-order valence-electron chi connectivity index (χ2n) is 4.47. The third-order valence-electron chi connectivity index (χ3n) is 2.67. The van der Waals surface area contributed by atoms with Crippen LogP contribution in [0.4, 0.5) is 0 Å². The van der Waals surface area contributed by atoms with Crippen molar-refractivity contribution in [3.8, 4) is 0 Å². The minimum atomic E-state index is -3.96. The standard InChI is InChI=1S/C13H18N2O5S/c1-3-7-14-12(16)9(2)15-21(19,20)11-6-4-5-10(8-11)13(17)18/h4-6,8-9,15H,3,7H2,1-2H3,(H,14,16)(H,17,18). The summed E-state index contributed by atoms with van der Waals surface area (Å²) >= 11 is 0. The Bertz CT molecular complexity index is 627. The lowest BCUT2D eigenvalue weighted by Crippen LogP contribution is -2.44. The van der Waals surface area contributed by atoms with E-state index in [-0.39, 0.29) is 10.5 Å². The van der Waals surface area contributed by atoms with Crippen LogP contribution < -0.4 is 10.0 Å². The van der Waals surface area contributed by atoms with Gasteiger partial charge in [0.2, 0.25) is 15.9 Å². The molecule has 1 unspecified atom stereocenters. The van der Waals surface area contributed by atoms with E-state index in [1.165, 1.54) is 25.1 Å². The van der Waals surface area contributed by atoms with Gasteiger partial charge in [0, 0.05) is 6.54 Å². The van der Waals surface area contributed by atoms with Crippen LogP contribution in [0.5, 0.6) is 0 Å². The van der Waals surface area contributed by atoms with Gasteiger partial charge in [-0.1, -0.05) is 13.0 Å². The highest BCUT2D eigenvalue weighted by molar-refractivity contribution is 7.89. The summed E-state index contributed by atoms with van der Waals surface area (Å²) in [6, 6.07) is 3.99. The number of hydrogen-bond donors (Lipinski definition) is 3. The first-order valence-corrected chi connectivity index (χ1v) is 7.89. The summed E-state index contributed by atoms with van der Waals surface area (Å²) in [7, 11) is -3.96. The van der Waals surface area contributed by atoms with Crippen LogP contribution in [0, 0.1) is 0 Å². The molecule has 0 aliphatic rings. The van der Waals surface area contributed by atoms with Crippen molar-refractivity contribution in [3.63, 3.8) is 0 Å². The van der Waals surface area contributed by atoms with Crippen LogP contribution in [0.25, 0.3) is 0 Å². The number of rotatable bonds is 7. The maximum atomic E-state index is 12.1. The van der Waals surface area contributed by atoms with Gasteiger partial charge in [-0.25, -0.2) is 13.2 Å². The fourth-order valence-corrected chi connectivity index (χ4v) is 2.80. The molecule has 7 nitrogen and oxygen atoms in total. The van der Waals surface area contributed by atoms with E-state index in [1.54, 1.807) is 0 Å². The molecule has 0 saturated carbocycles.